The van der Waals surface area contributed by atoms with Crippen LogP contribution in [0.1, 0.15) is 5.56 Å². The highest BCUT2D eigenvalue weighted by Gasteiger charge is 2.19. The summed E-state index contributed by atoms with van der Waals surface area (Å²) >= 11 is 0. The first-order chi connectivity index (χ1) is 8.95. The van der Waals surface area contributed by atoms with Gasteiger partial charge in [0.2, 0.25) is 9.84 Å². The fourth-order valence-electron chi connectivity index (χ4n) is 1.88. The van der Waals surface area contributed by atoms with Crippen molar-refractivity contribution in [2.24, 2.45) is 0 Å². The molecule has 19 heavy (non-hydrogen) atoms. The molecule has 0 amide bonds. The molecule has 0 aliphatic carbocycles. The molecule has 2 rings (SSSR count). The molecule has 2 aromatic rings. The van der Waals surface area contributed by atoms with Gasteiger partial charge in [0.15, 0.2) is 0 Å². The van der Waals surface area contributed by atoms with Crippen LogP contribution >= 0.6 is 0 Å². The normalized spacial score (nSPS) is 11.3. The van der Waals surface area contributed by atoms with Gasteiger partial charge in [-0.2, -0.15) is 0 Å². The zero-order valence-electron chi connectivity index (χ0n) is 10.8. The number of aryl methyl sites for hydroxylation is 1. The van der Waals surface area contributed by atoms with Crippen LogP contribution in [0.3, 0.4) is 0 Å². The molecule has 0 aliphatic heterocycles. The van der Waals surface area contributed by atoms with Crippen molar-refractivity contribution in [2.45, 2.75) is 16.7 Å². The Kier molecular flexibility index (Phi) is 3.48. The van der Waals surface area contributed by atoms with E-state index >= 15 is 0 Å². The molecule has 100 valence electrons. The van der Waals surface area contributed by atoms with Gasteiger partial charge in [-0.3, -0.25) is 0 Å². The molecule has 0 fully saturated rings. The van der Waals surface area contributed by atoms with E-state index in [1.807, 2.05) is 6.07 Å². The van der Waals surface area contributed by atoms with E-state index in [-0.39, 0.29) is 4.90 Å². The number of hydrogen-bond acceptors (Lipinski definition) is 4. The number of nitrogens with one attached hydrogen (secondary N) is 1. The fourth-order valence-corrected chi connectivity index (χ4v) is 3.36. The summed E-state index contributed by atoms with van der Waals surface area (Å²) in [6.07, 6.45) is 0. The quantitative estimate of drug-likeness (QED) is 0.845. The van der Waals surface area contributed by atoms with Gasteiger partial charge in [0, 0.05) is 18.4 Å². The first-order valence-electron chi connectivity index (χ1n) is 5.84. The first kappa shape index (κ1) is 13.4. The van der Waals surface area contributed by atoms with Crippen LogP contribution in [0.4, 0.5) is 11.4 Å². The lowest BCUT2D eigenvalue weighted by Crippen LogP contribution is -2.05. The maximum Gasteiger partial charge on any atom is 0.206 e. The van der Waals surface area contributed by atoms with E-state index in [1.165, 1.54) is 12.1 Å². The molecule has 0 radical (unpaired) electrons. The topological polar surface area (TPSA) is 72.2 Å². The third kappa shape index (κ3) is 2.56. The van der Waals surface area contributed by atoms with Crippen LogP contribution < -0.4 is 11.1 Å². The molecule has 0 saturated heterocycles. The molecule has 5 heteroatoms. The zero-order chi connectivity index (χ0) is 14.0. The second-order valence-corrected chi connectivity index (χ2v) is 6.22. The molecule has 0 heterocycles. The summed E-state index contributed by atoms with van der Waals surface area (Å²) in [6.45, 7) is 1.78. The smallest absolute Gasteiger partial charge is 0.206 e. The summed E-state index contributed by atoms with van der Waals surface area (Å²) in [5.74, 6) is 0. The average molecular weight is 276 g/mol. The summed E-state index contributed by atoms with van der Waals surface area (Å²) in [4.78, 5) is 0.568. The van der Waals surface area contributed by atoms with Gasteiger partial charge in [0.05, 0.1) is 9.79 Å². The van der Waals surface area contributed by atoms with Gasteiger partial charge in [-0.15, -0.1) is 0 Å². The number of nitrogen functional groups attached to an aromatic ring is 1. The van der Waals surface area contributed by atoms with E-state index in [4.69, 9.17) is 5.73 Å². The third-order valence-electron chi connectivity index (χ3n) is 2.94. The highest BCUT2D eigenvalue weighted by molar-refractivity contribution is 7.91. The fraction of sp³-hybridized carbons (Fsp3) is 0.143. The van der Waals surface area contributed by atoms with Crippen LogP contribution in [-0.2, 0) is 9.84 Å². The molecule has 4 nitrogen and oxygen atoms in total. The maximum absolute atomic E-state index is 12.5. The van der Waals surface area contributed by atoms with E-state index in [1.54, 1.807) is 38.2 Å². The summed E-state index contributed by atoms with van der Waals surface area (Å²) in [7, 11) is -1.70. The number of nitrogens with two attached hydrogens (primary N) is 1. The van der Waals surface area contributed by atoms with Crippen molar-refractivity contribution in [3.05, 3.63) is 48.0 Å². The first-order valence-corrected chi connectivity index (χ1v) is 7.32. The molecule has 2 aromatic carbocycles. The van der Waals surface area contributed by atoms with Gasteiger partial charge in [-0.25, -0.2) is 8.42 Å². The Morgan fingerprint density at radius 2 is 1.68 bits per heavy atom. The van der Waals surface area contributed by atoms with Crippen LogP contribution in [0, 0.1) is 6.92 Å². The predicted octanol–water partition coefficient (Wildman–Crippen LogP) is 2.45. The third-order valence-corrected chi connectivity index (χ3v) is 4.87. The average Bonchev–Trinajstić information content (AvgIpc) is 2.38. The molecule has 0 unspecified atom stereocenters. The monoisotopic (exact) mass is 276 g/mol. The van der Waals surface area contributed by atoms with Gasteiger partial charge >= 0.3 is 0 Å². The molecule has 0 aliphatic rings. The van der Waals surface area contributed by atoms with Crippen molar-refractivity contribution >= 4 is 21.2 Å². The Bertz CT molecular complexity index is 692. The van der Waals surface area contributed by atoms with Crippen molar-refractivity contribution in [3.8, 4) is 0 Å². The summed E-state index contributed by atoms with van der Waals surface area (Å²) in [5, 5.41) is 2.98. The highest BCUT2D eigenvalue weighted by Crippen LogP contribution is 2.26. The molecule has 0 atom stereocenters. The van der Waals surface area contributed by atoms with Crippen molar-refractivity contribution < 1.29 is 8.42 Å². The Hall–Kier alpha value is -2.01. The minimum absolute atomic E-state index is 0.252. The standard InChI is InChI=1S/C14H16N2O2S/c1-10-9-12(16-2)5-8-14(10)19(17,18)13-6-3-11(15)4-7-13/h3-9,16H,15H2,1-2H3. The lowest BCUT2D eigenvalue weighted by molar-refractivity contribution is 0.595. The summed E-state index contributed by atoms with van der Waals surface area (Å²) in [5.41, 5.74) is 7.71. The van der Waals surface area contributed by atoms with Gasteiger partial charge in [0.1, 0.15) is 0 Å². The van der Waals surface area contributed by atoms with Crippen LogP contribution in [0.2, 0.25) is 0 Å². The minimum atomic E-state index is -3.49. The van der Waals surface area contributed by atoms with E-state index in [2.05, 4.69) is 5.32 Å². The van der Waals surface area contributed by atoms with Gasteiger partial charge in [-0.05, 0) is 55.0 Å². The van der Waals surface area contributed by atoms with E-state index in [9.17, 15) is 8.42 Å². The number of hydrogen-bond donors (Lipinski definition) is 2. The van der Waals surface area contributed by atoms with E-state index in [0.29, 0.717) is 16.1 Å². The molecule has 0 aromatic heterocycles. The second kappa shape index (κ2) is 4.93. The van der Waals surface area contributed by atoms with Crippen molar-refractivity contribution in [1.29, 1.82) is 0 Å². The van der Waals surface area contributed by atoms with E-state index < -0.39 is 9.84 Å². The summed E-state index contributed by atoms with van der Waals surface area (Å²) in [6, 6.07) is 11.4. The lowest BCUT2D eigenvalue weighted by atomic mass is 10.2. The van der Waals surface area contributed by atoms with E-state index in [0.717, 1.165) is 5.69 Å². The van der Waals surface area contributed by atoms with Crippen LogP contribution in [0.15, 0.2) is 52.3 Å². The Morgan fingerprint density at radius 1 is 1.05 bits per heavy atom. The second-order valence-electron chi connectivity index (χ2n) is 4.30. The maximum atomic E-state index is 12.5. The molecule has 0 bridgehead atoms. The van der Waals surface area contributed by atoms with Crippen molar-refractivity contribution in [1.82, 2.24) is 0 Å². The molecular formula is C14H16N2O2S. The van der Waals surface area contributed by atoms with Crippen LogP contribution in [0.5, 0.6) is 0 Å². The van der Waals surface area contributed by atoms with Crippen LogP contribution in [-0.4, -0.2) is 15.5 Å². The molecule has 3 N–H and O–H groups in total. The largest absolute Gasteiger partial charge is 0.399 e. The highest BCUT2D eigenvalue weighted by atomic mass is 32.2. The summed E-state index contributed by atoms with van der Waals surface area (Å²) < 4.78 is 25.0. The van der Waals surface area contributed by atoms with Crippen molar-refractivity contribution in [3.63, 3.8) is 0 Å². The number of rotatable bonds is 3. The Balaban J connectivity index is 2.53. The SMILES string of the molecule is CNc1ccc(S(=O)(=O)c2ccc(N)cc2)c(C)c1. The van der Waals surface area contributed by atoms with Gasteiger partial charge in [0.25, 0.3) is 0 Å². The Labute approximate surface area is 113 Å². The van der Waals surface area contributed by atoms with Crippen LogP contribution in [0.25, 0.3) is 0 Å². The zero-order valence-corrected chi connectivity index (χ0v) is 11.7. The minimum Gasteiger partial charge on any atom is -0.399 e. The van der Waals surface area contributed by atoms with Crippen molar-refractivity contribution in [2.75, 3.05) is 18.1 Å². The lowest BCUT2D eigenvalue weighted by Gasteiger charge is -2.10. The molecular weight excluding hydrogens is 260 g/mol. The van der Waals surface area contributed by atoms with Gasteiger partial charge in [-0.1, -0.05) is 0 Å². The molecule has 0 saturated carbocycles. The number of benzene rings is 2. The number of sulfone groups is 1. The molecule has 0 spiro atoms. The predicted molar refractivity (Wildman–Crippen MR) is 77.0 cm³/mol. The van der Waals surface area contributed by atoms with Gasteiger partial charge < -0.3 is 11.1 Å². The Morgan fingerprint density at radius 3 is 2.21 bits per heavy atom. The number of anilines is 2.